The molecule has 2 saturated heterocycles. The van der Waals surface area contributed by atoms with E-state index >= 15 is 0 Å². The Morgan fingerprint density at radius 2 is 1.67 bits per heavy atom. The van der Waals surface area contributed by atoms with Gasteiger partial charge in [-0.2, -0.15) is 0 Å². The molecule has 30 heavy (non-hydrogen) atoms. The van der Waals surface area contributed by atoms with E-state index in [0.29, 0.717) is 24.3 Å². The van der Waals surface area contributed by atoms with E-state index in [1.54, 1.807) is 0 Å². The maximum Gasteiger partial charge on any atom is 0.236 e. The summed E-state index contributed by atoms with van der Waals surface area (Å²) in [6, 6.07) is 0. The van der Waals surface area contributed by atoms with E-state index in [2.05, 4.69) is 40.8 Å². The van der Waals surface area contributed by atoms with E-state index < -0.39 is 0 Å². The van der Waals surface area contributed by atoms with E-state index in [-0.39, 0.29) is 6.61 Å². The second kappa shape index (κ2) is 13.9. The van der Waals surface area contributed by atoms with Gasteiger partial charge in [0.05, 0.1) is 6.54 Å². The van der Waals surface area contributed by atoms with Gasteiger partial charge in [0.2, 0.25) is 5.91 Å². The van der Waals surface area contributed by atoms with Crippen molar-refractivity contribution in [3.63, 3.8) is 0 Å². The van der Waals surface area contributed by atoms with Crippen LogP contribution in [0.3, 0.4) is 0 Å². The van der Waals surface area contributed by atoms with Crippen LogP contribution in [-0.2, 0) is 4.79 Å². The molecule has 1 unspecified atom stereocenters. The van der Waals surface area contributed by atoms with Crippen LogP contribution in [0.15, 0.2) is 4.99 Å². The molecular weight excluding hydrogens is 378 g/mol. The summed E-state index contributed by atoms with van der Waals surface area (Å²) in [5.41, 5.74) is 0. The van der Waals surface area contributed by atoms with Gasteiger partial charge in [0.1, 0.15) is 0 Å². The molecule has 2 rings (SSSR count). The van der Waals surface area contributed by atoms with Gasteiger partial charge in [0, 0.05) is 59.0 Å². The first-order chi connectivity index (χ1) is 14.5. The summed E-state index contributed by atoms with van der Waals surface area (Å²) in [6.45, 7) is 14.4. The molecule has 1 amide bonds. The number of aliphatic hydroxyl groups is 1. The Morgan fingerprint density at radius 1 is 1.00 bits per heavy atom. The zero-order valence-electron chi connectivity index (χ0n) is 19.6. The smallest absolute Gasteiger partial charge is 0.236 e. The van der Waals surface area contributed by atoms with Gasteiger partial charge >= 0.3 is 0 Å². The standard InChI is InChI=1S/C23H45N5O2/c1-4-24-23(25-18-21(9-16-29)17-20(2)3)28-14-12-26(13-15-28)19-22(30)27-10-7-5-6-8-11-27/h20-21,29H,4-19H2,1-3H3,(H,24,25). The van der Waals surface area contributed by atoms with Crippen molar-refractivity contribution in [2.75, 3.05) is 65.5 Å². The van der Waals surface area contributed by atoms with Gasteiger partial charge < -0.3 is 20.2 Å². The third-order valence-electron chi connectivity index (χ3n) is 6.17. The highest BCUT2D eigenvalue weighted by molar-refractivity contribution is 5.80. The number of carbonyl (C=O) groups is 1. The van der Waals surface area contributed by atoms with Crippen molar-refractivity contribution in [2.45, 2.75) is 59.3 Å². The quantitative estimate of drug-likeness (QED) is 0.439. The summed E-state index contributed by atoms with van der Waals surface area (Å²) < 4.78 is 0. The van der Waals surface area contributed by atoms with Crippen LogP contribution in [-0.4, -0.2) is 97.2 Å². The van der Waals surface area contributed by atoms with Crippen molar-refractivity contribution in [2.24, 2.45) is 16.8 Å². The van der Waals surface area contributed by atoms with Gasteiger partial charge in [0.15, 0.2) is 5.96 Å². The maximum atomic E-state index is 12.7. The number of amides is 1. The fourth-order valence-corrected chi connectivity index (χ4v) is 4.50. The lowest BCUT2D eigenvalue weighted by Gasteiger charge is -2.37. The van der Waals surface area contributed by atoms with Crippen LogP contribution in [0.5, 0.6) is 0 Å². The predicted molar refractivity (Wildman–Crippen MR) is 124 cm³/mol. The number of piperazine rings is 1. The van der Waals surface area contributed by atoms with Gasteiger partial charge in [-0.15, -0.1) is 0 Å². The molecule has 0 aromatic heterocycles. The Labute approximate surface area is 183 Å². The number of guanidine groups is 1. The SMILES string of the molecule is CCNC(=NCC(CCO)CC(C)C)N1CCN(CC(=O)N2CCCCCC2)CC1. The van der Waals surface area contributed by atoms with Gasteiger partial charge in [0.25, 0.3) is 0 Å². The summed E-state index contributed by atoms with van der Waals surface area (Å²) in [4.78, 5) is 24.3. The van der Waals surface area contributed by atoms with Gasteiger partial charge in [-0.3, -0.25) is 14.7 Å². The molecule has 0 aliphatic carbocycles. The number of rotatable bonds is 9. The molecule has 2 heterocycles. The van der Waals surface area contributed by atoms with Crippen molar-refractivity contribution in [1.82, 2.24) is 20.0 Å². The summed E-state index contributed by atoms with van der Waals surface area (Å²) in [5.74, 6) is 2.31. The lowest BCUT2D eigenvalue weighted by atomic mass is 9.94. The topological polar surface area (TPSA) is 71.4 Å². The number of likely N-dealkylation sites (tertiary alicyclic amines) is 1. The number of hydrogen-bond acceptors (Lipinski definition) is 4. The summed E-state index contributed by atoms with van der Waals surface area (Å²) in [6.07, 6.45) is 6.71. The van der Waals surface area contributed by atoms with Gasteiger partial charge in [-0.1, -0.05) is 26.7 Å². The number of hydrogen-bond donors (Lipinski definition) is 2. The zero-order chi connectivity index (χ0) is 21.8. The minimum atomic E-state index is 0.229. The summed E-state index contributed by atoms with van der Waals surface area (Å²) >= 11 is 0. The van der Waals surface area contributed by atoms with Crippen molar-refractivity contribution in [3.05, 3.63) is 0 Å². The van der Waals surface area contributed by atoms with E-state index in [9.17, 15) is 9.90 Å². The number of aliphatic imine (C=N–C) groups is 1. The molecule has 0 radical (unpaired) electrons. The molecule has 2 aliphatic rings. The Balaban J connectivity index is 1.84. The Morgan fingerprint density at radius 3 is 2.23 bits per heavy atom. The van der Waals surface area contributed by atoms with Gasteiger partial charge in [-0.25, -0.2) is 0 Å². The lowest BCUT2D eigenvalue weighted by molar-refractivity contribution is -0.132. The average molecular weight is 424 g/mol. The van der Waals surface area contributed by atoms with Crippen LogP contribution in [0.1, 0.15) is 59.3 Å². The lowest BCUT2D eigenvalue weighted by Crippen LogP contribution is -2.54. The Hall–Kier alpha value is -1.34. The summed E-state index contributed by atoms with van der Waals surface area (Å²) in [7, 11) is 0. The highest BCUT2D eigenvalue weighted by atomic mass is 16.3. The highest BCUT2D eigenvalue weighted by Crippen LogP contribution is 2.16. The number of carbonyl (C=O) groups excluding carboxylic acids is 1. The van der Waals surface area contributed by atoms with Crippen LogP contribution < -0.4 is 5.32 Å². The van der Waals surface area contributed by atoms with Crippen molar-refractivity contribution < 1.29 is 9.90 Å². The van der Waals surface area contributed by atoms with Crippen molar-refractivity contribution in [3.8, 4) is 0 Å². The second-order valence-electron chi connectivity index (χ2n) is 9.26. The normalized spacial score (nSPS) is 20.4. The third-order valence-corrected chi connectivity index (χ3v) is 6.17. The van der Waals surface area contributed by atoms with Gasteiger partial charge in [-0.05, 0) is 44.4 Å². The summed E-state index contributed by atoms with van der Waals surface area (Å²) in [5, 5.41) is 12.8. The van der Waals surface area contributed by atoms with E-state index in [1.165, 1.54) is 12.8 Å². The predicted octanol–water partition coefficient (Wildman–Crippen LogP) is 2.02. The molecule has 0 aromatic carbocycles. The Kier molecular flexibility index (Phi) is 11.5. The van der Waals surface area contributed by atoms with Crippen LogP contribution in [0.25, 0.3) is 0 Å². The molecular formula is C23H45N5O2. The van der Waals surface area contributed by atoms with Crippen LogP contribution in [0.2, 0.25) is 0 Å². The molecule has 0 saturated carbocycles. The molecule has 7 nitrogen and oxygen atoms in total. The first kappa shape index (κ1) is 24.9. The molecule has 174 valence electrons. The molecule has 0 spiro atoms. The van der Waals surface area contributed by atoms with Crippen LogP contribution >= 0.6 is 0 Å². The fourth-order valence-electron chi connectivity index (χ4n) is 4.50. The van der Waals surface area contributed by atoms with Crippen molar-refractivity contribution >= 4 is 11.9 Å². The minimum absolute atomic E-state index is 0.229. The second-order valence-corrected chi connectivity index (χ2v) is 9.26. The maximum absolute atomic E-state index is 12.7. The third kappa shape index (κ3) is 8.80. The van der Waals surface area contributed by atoms with E-state index in [4.69, 9.17) is 4.99 Å². The molecule has 0 aromatic rings. The monoisotopic (exact) mass is 423 g/mol. The molecule has 2 fully saturated rings. The minimum Gasteiger partial charge on any atom is -0.396 e. The van der Waals surface area contributed by atoms with Crippen molar-refractivity contribution in [1.29, 1.82) is 0 Å². The highest BCUT2D eigenvalue weighted by Gasteiger charge is 2.24. The molecule has 7 heteroatoms. The zero-order valence-corrected chi connectivity index (χ0v) is 19.6. The van der Waals surface area contributed by atoms with E-state index in [1.807, 2.05) is 0 Å². The number of aliphatic hydroxyl groups excluding tert-OH is 1. The van der Waals surface area contributed by atoms with E-state index in [0.717, 1.165) is 84.0 Å². The number of nitrogens with one attached hydrogen (secondary N) is 1. The fraction of sp³-hybridized carbons (Fsp3) is 0.913. The Bertz CT molecular complexity index is 510. The van der Waals surface area contributed by atoms with Crippen LogP contribution in [0.4, 0.5) is 0 Å². The van der Waals surface area contributed by atoms with Crippen LogP contribution in [0, 0.1) is 11.8 Å². The molecule has 0 bridgehead atoms. The first-order valence-corrected chi connectivity index (χ1v) is 12.2. The molecule has 2 aliphatic heterocycles. The molecule has 1 atom stereocenters. The first-order valence-electron chi connectivity index (χ1n) is 12.2. The number of nitrogens with zero attached hydrogens (tertiary/aromatic N) is 4. The largest absolute Gasteiger partial charge is 0.396 e. The average Bonchev–Trinajstić information content (AvgIpc) is 3.01. The molecule has 2 N–H and O–H groups in total.